The summed E-state index contributed by atoms with van der Waals surface area (Å²) in [5, 5.41) is 0.964. The second-order valence-corrected chi connectivity index (χ2v) is 4.98. The molecule has 3 N–H and O–H groups in total. The van der Waals surface area contributed by atoms with Crippen LogP contribution in [0.25, 0.3) is 11.0 Å². The molecule has 2 heterocycles. The van der Waals surface area contributed by atoms with Gasteiger partial charge < -0.3 is 10.7 Å². The monoisotopic (exact) mass is 364 g/mol. The number of rotatable bonds is 2. The summed E-state index contributed by atoms with van der Waals surface area (Å²) in [5.41, 5.74) is 8.66. The number of nitrogens with two attached hydrogens (primary N) is 1. The Labute approximate surface area is 143 Å². The molecule has 0 aliphatic carbocycles. The van der Waals surface area contributed by atoms with E-state index >= 15 is 0 Å². The van der Waals surface area contributed by atoms with Crippen molar-refractivity contribution >= 4 is 59.0 Å². The van der Waals surface area contributed by atoms with E-state index < -0.39 is 0 Å². The van der Waals surface area contributed by atoms with Crippen LogP contribution in [0.3, 0.4) is 0 Å². The summed E-state index contributed by atoms with van der Waals surface area (Å²) in [7, 11) is 0. The summed E-state index contributed by atoms with van der Waals surface area (Å²) in [6.07, 6.45) is 3.40. The first-order valence-electron chi connectivity index (χ1n) is 5.65. The number of benzene rings is 1. The van der Waals surface area contributed by atoms with Gasteiger partial charge >= 0.3 is 0 Å². The molecule has 21 heavy (non-hydrogen) atoms. The van der Waals surface area contributed by atoms with Gasteiger partial charge in [-0.1, -0.05) is 23.2 Å². The minimum Gasteiger partial charge on any atom is -0.340 e. The fraction of sp³-hybridized carbons (Fsp3) is 0.0769. The smallest absolute Gasteiger partial charge is 0.128 e. The number of aromatic nitrogens is 3. The van der Waals surface area contributed by atoms with Crippen LogP contribution >= 0.6 is 48.0 Å². The van der Waals surface area contributed by atoms with E-state index in [9.17, 15) is 0 Å². The molecule has 0 spiro atoms. The van der Waals surface area contributed by atoms with Crippen molar-refractivity contribution in [1.29, 1.82) is 0 Å². The van der Waals surface area contributed by atoms with Crippen LogP contribution in [0.15, 0.2) is 36.7 Å². The average molecular weight is 366 g/mol. The van der Waals surface area contributed by atoms with Gasteiger partial charge in [-0.3, -0.25) is 4.98 Å². The fourth-order valence-electron chi connectivity index (χ4n) is 1.90. The highest BCUT2D eigenvalue weighted by Crippen LogP contribution is 2.28. The number of hydrogen-bond donors (Lipinski definition) is 2. The van der Waals surface area contributed by atoms with E-state index in [1.54, 1.807) is 24.5 Å². The van der Waals surface area contributed by atoms with E-state index in [4.69, 9.17) is 28.9 Å². The molecular weight excluding hydrogens is 354 g/mol. The molecule has 1 atom stereocenters. The number of aromatic amines is 1. The van der Waals surface area contributed by atoms with Gasteiger partial charge in [-0.15, -0.1) is 24.8 Å². The van der Waals surface area contributed by atoms with E-state index in [-0.39, 0.29) is 30.9 Å². The van der Waals surface area contributed by atoms with Crippen LogP contribution in [0.2, 0.25) is 10.0 Å². The van der Waals surface area contributed by atoms with E-state index in [0.717, 1.165) is 16.6 Å². The van der Waals surface area contributed by atoms with Crippen LogP contribution in [0, 0.1) is 0 Å². The third-order valence-electron chi connectivity index (χ3n) is 2.90. The lowest BCUT2D eigenvalue weighted by molar-refractivity contribution is 0.803. The maximum absolute atomic E-state index is 6.17. The molecule has 0 bridgehead atoms. The maximum atomic E-state index is 6.17. The summed E-state index contributed by atoms with van der Waals surface area (Å²) in [5.74, 6) is 0.666. The van der Waals surface area contributed by atoms with Crippen molar-refractivity contribution in [3.8, 4) is 0 Å². The number of fused-ring (bicyclic) bond motifs is 1. The van der Waals surface area contributed by atoms with Crippen LogP contribution in [-0.4, -0.2) is 15.0 Å². The van der Waals surface area contributed by atoms with Gasteiger partial charge in [-0.25, -0.2) is 4.98 Å². The number of hydrogen-bond acceptors (Lipinski definition) is 3. The Morgan fingerprint density at radius 2 is 1.67 bits per heavy atom. The average Bonchev–Trinajstić information content (AvgIpc) is 2.82. The van der Waals surface area contributed by atoms with E-state index in [0.29, 0.717) is 15.9 Å². The standard InChI is InChI=1S/C13H10Cl2N4.2ClH/c14-8-5-10-11(6-9(8)15)19-13(18-10)12(16)7-1-3-17-4-2-7;;/h1-6,12H,16H2,(H,18,19);2*1H. The molecule has 0 fully saturated rings. The van der Waals surface area contributed by atoms with Gasteiger partial charge in [0.15, 0.2) is 0 Å². The Kier molecular flexibility index (Phi) is 6.25. The predicted octanol–water partition coefficient (Wildman–Crippen LogP) is 4.16. The van der Waals surface area contributed by atoms with Gasteiger partial charge in [0.05, 0.1) is 27.1 Å². The minimum absolute atomic E-state index is 0. The quantitative estimate of drug-likeness (QED) is 0.716. The van der Waals surface area contributed by atoms with Gasteiger partial charge in [0.25, 0.3) is 0 Å². The molecule has 0 aliphatic heterocycles. The Balaban J connectivity index is 0.00000110. The molecule has 4 nitrogen and oxygen atoms in total. The first kappa shape index (κ1) is 18.0. The second kappa shape index (κ2) is 7.29. The number of halogens is 4. The van der Waals surface area contributed by atoms with Crippen LogP contribution < -0.4 is 5.73 Å². The van der Waals surface area contributed by atoms with Crippen molar-refractivity contribution in [1.82, 2.24) is 15.0 Å². The highest BCUT2D eigenvalue weighted by molar-refractivity contribution is 6.42. The fourth-order valence-corrected chi connectivity index (χ4v) is 2.22. The Hall–Kier alpha value is -1.04. The lowest BCUT2D eigenvalue weighted by Gasteiger charge is -2.07. The maximum Gasteiger partial charge on any atom is 0.128 e. The van der Waals surface area contributed by atoms with Crippen LogP contribution in [0.4, 0.5) is 0 Å². The summed E-state index contributed by atoms with van der Waals surface area (Å²) in [6.45, 7) is 0. The zero-order chi connectivity index (χ0) is 13.4. The zero-order valence-electron chi connectivity index (χ0n) is 10.6. The third kappa shape index (κ3) is 3.59. The van der Waals surface area contributed by atoms with Gasteiger partial charge in [0.1, 0.15) is 5.82 Å². The van der Waals surface area contributed by atoms with Crippen molar-refractivity contribution in [2.45, 2.75) is 6.04 Å². The summed E-state index contributed by atoms with van der Waals surface area (Å²) >= 11 is 11.9. The normalized spacial score (nSPS) is 11.6. The Morgan fingerprint density at radius 3 is 2.33 bits per heavy atom. The molecule has 3 rings (SSSR count). The number of H-pyrrole nitrogens is 1. The molecule has 0 saturated carbocycles. The van der Waals surface area contributed by atoms with Crippen LogP contribution in [-0.2, 0) is 0 Å². The summed E-state index contributed by atoms with van der Waals surface area (Å²) in [6, 6.07) is 6.84. The number of pyridine rings is 1. The third-order valence-corrected chi connectivity index (χ3v) is 3.62. The molecule has 1 aromatic carbocycles. The first-order valence-corrected chi connectivity index (χ1v) is 6.41. The van der Waals surface area contributed by atoms with E-state index in [1.807, 2.05) is 12.1 Å². The molecule has 3 aromatic rings. The number of nitrogens with one attached hydrogen (secondary N) is 1. The lowest BCUT2D eigenvalue weighted by atomic mass is 10.1. The molecule has 0 amide bonds. The van der Waals surface area contributed by atoms with Gasteiger partial charge in [-0.05, 0) is 29.8 Å². The molecule has 0 radical (unpaired) electrons. The number of nitrogens with zero attached hydrogens (tertiary/aromatic N) is 2. The molecule has 0 aliphatic rings. The van der Waals surface area contributed by atoms with Gasteiger partial charge in [0.2, 0.25) is 0 Å². The largest absolute Gasteiger partial charge is 0.340 e. The molecule has 2 aromatic heterocycles. The predicted molar refractivity (Wildman–Crippen MR) is 90.9 cm³/mol. The molecule has 0 saturated heterocycles. The molecule has 1 unspecified atom stereocenters. The van der Waals surface area contributed by atoms with E-state index in [1.165, 1.54) is 0 Å². The zero-order valence-corrected chi connectivity index (χ0v) is 13.7. The Bertz CT molecular complexity index is 691. The summed E-state index contributed by atoms with van der Waals surface area (Å²) < 4.78 is 0. The lowest BCUT2D eigenvalue weighted by Crippen LogP contribution is -2.13. The second-order valence-electron chi connectivity index (χ2n) is 4.16. The number of imidazole rings is 1. The first-order chi connectivity index (χ1) is 9.15. The highest BCUT2D eigenvalue weighted by atomic mass is 35.5. The van der Waals surface area contributed by atoms with Crippen molar-refractivity contribution in [2.24, 2.45) is 5.73 Å². The highest BCUT2D eigenvalue weighted by Gasteiger charge is 2.14. The van der Waals surface area contributed by atoms with Gasteiger partial charge in [0, 0.05) is 12.4 Å². The van der Waals surface area contributed by atoms with Gasteiger partial charge in [-0.2, -0.15) is 0 Å². The van der Waals surface area contributed by atoms with Crippen molar-refractivity contribution < 1.29 is 0 Å². The van der Waals surface area contributed by atoms with Crippen molar-refractivity contribution in [3.05, 3.63) is 58.1 Å². The van der Waals surface area contributed by atoms with Crippen LogP contribution in [0.5, 0.6) is 0 Å². The molecule has 8 heteroatoms. The minimum atomic E-state index is -0.340. The van der Waals surface area contributed by atoms with Crippen LogP contribution in [0.1, 0.15) is 17.4 Å². The molecular formula is C13H12Cl4N4. The Morgan fingerprint density at radius 1 is 1.05 bits per heavy atom. The van der Waals surface area contributed by atoms with Crippen molar-refractivity contribution in [3.63, 3.8) is 0 Å². The van der Waals surface area contributed by atoms with Crippen molar-refractivity contribution in [2.75, 3.05) is 0 Å². The van der Waals surface area contributed by atoms with E-state index in [2.05, 4.69) is 15.0 Å². The SMILES string of the molecule is Cl.Cl.NC(c1ccncc1)c1nc2cc(Cl)c(Cl)cc2[nH]1. The summed E-state index contributed by atoms with van der Waals surface area (Å²) in [4.78, 5) is 11.6. The topological polar surface area (TPSA) is 67.6 Å². The molecule has 112 valence electrons.